The third-order valence-corrected chi connectivity index (χ3v) is 5.38. The molecule has 1 aliphatic carbocycles. The molecule has 2 unspecified atom stereocenters. The fourth-order valence-electron chi connectivity index (χ4n) is 2.68. The zero-order valence-electron chi connectivity index (χ0n) is 10.4. The van der Waals surface area contributed by atoms with Crippen molar-refractivity contribution < 1.29 is 5.11 Å². The molecule has 0 bridgehead atoms. The first-order valence-corrected chi connectivity index (χ1v) is 7.82. The van der Waals surface area contributed by atoms with Gasteiger partial charge in [-0.15, -0.1) is 11.8 Å². The van der Waals surface area contributed by atoms with E-state index >= 15 is 0 Å². The van der Waals surface area contributed by atoms with Crippen LogP contribution < -0.4 is 5.73 Å². The third kappa shape index (κ3) is 3.21. The summed E-state index contributed by atoms with van der Waals surface area (Å²) in [6.45, 7) is 0.383. The SMILES string of the molecule is NCC1(O)CCCC1CCSc1ccccc1Cl. The quantitative estimate of drug-likeness (QED) is 0.816. The Bertz CT molecular complexity index is 401. The molecule has 2 rings (SSSR count). The van der Waals surface area contributed by atoms with Crippen LogP contribution in [0.4, 0.5) is 0 Å². The topological polar surface area (TPSA) is 46.2 Å². The minimum Gasteiger partial charge on any atom is -0.388 e. The Morgan fingerprint density at radius 3 is 2.94 bits per heavy atom. The van der Waals surface area contributed by atoms with Crippen molar-refractivity contribution in [1.82, 2.24) is 0 Å². The molecular formula is C14H20ClNOS. The highest BCUT2D eigenvalue weighted by Crippen LogP contribution is 2.38. The van der Waals surface area contributed by atoms with E-state index in [1.165, 1.54) is 0 Å². The molecule has 4 heteroatoms. The van der Waals surface area contributed by atoms with Gasteiger partial charge in [-0.1, -0.05) is 30.2 Å². The molecule has 0 saturated heterocycles. The summed E-state index contributed by atoms with van der Waals surface area (Å²) in [7, 11) is 0. The van der Waals surface area contributed by atoms with Crippen molar-refractivity contribution >= 4 is 23.4 Å². The summed E-state index contributed by atoms with van der Waals surface area (Å²) in [5.41, 5.74) is 5.06. The van der Waals surface area contributed by atoms with Crippen LogP contribution in [0.3, 0.4) is 0 Å². The molecule has 1 aliphatic rings. The molecule has 18 heavy (non-hydrogen) atoms. The Hall–Kier alpha value is -0.220. The second kappa shape index (κ2) is 6.29. The molecule has 100 valence electrons. The molecule has 1 fully saturated rings. The summed E-state index contributed by atoms with van der Waals surface area (Å²) in [6.07, 6.45) is 4.04. The van der Waals surface area contributed by atoms with Gasteiger partial charge in [-0.25, -0.2) is 0 Å². The smallest absolute Gasteiger partial charge is 0.0797 e. The number of thioether (sulfide) groups is 1. The van der Waals surface area contributed by atoms with Crippen molar-refractivity contribution in [3.63, 3.8) is 0 Å². The number of nitrogens with two attached hydrogens (primary N) is 1. The van der Waals surface area contributed by atoms with Crippen LogP contribution >= 0.6 is 23.4 Å². The molecule has 0 heterocycles. The van der Waals surface area contributed by atoms with Crippen molar-refractivity contribution in [2.75, 3.05) is 12.3 Å². The summed E-state index contributed by atoms with van der Waals surface area (Å²) in [6, 6.07) is 7.89. The van der Waals surface area contributed by atoms with Gasteiger partial charge in [-0.05, 0) is 43.1 Å². The molecule has 3 N–H and O–H groups in total. The molecule has 1 aromatic rings. The highest BCUT2D eigenvalue weighted by Gasteiger charge is 2.39. The number of rotatable bonds is 5. The second-order valence-electron chi connectivity index (χ2n) is 4.96. The van der Waals surface area contributed by atoms with Crippen LogP contribution in [-0.4, -0.2) is 23.0 Å². The van der Waals surface area contributed by atoms with E-state index in [2.05, 4.69) is 0 Å². The van der Waals surface area contributed by atoms with Gasteiger partial charge in [-0.3, -0.25) is 0 Å². The highest BCUT2D eigenvalue weighted by molar-refractivity contribution is 7.99. The fraction of sp³-hybridized carbons (Fsp3) is 0.571. The van der Waals surface area contributed by atoms with Crippen molar-refractivity contribution in [2.45, 2.75) is 36.2 Å². The van der Waals surface area contributed by atoms with Gasteiger partial charge in [0.15, 0.2) is 0 Å². The van der Waals surface area contributed by atoms with E-state index in [1.807, 2.05) is 24.3 Å². The van der Waals surface area contributed by atoms with E-state index in [9.17, 15) is 5.11 Å². The maximum absolute atomic E-state index is 10.4. The van der Waals surface area contributed by atoms with Gasteiger partial charge in [0, 0.05) is 11.4 Å². The average Bonchev–Trinajstić information content (AvgIpc) is 2.74. The van der Waals surface area contributed by atoms with Crippen LogP contribution in [-0.2, 0) is 0 Å². The largest absolute Gasteiger partial charge is 0.388 e. The molecule has 0 amide bonds. The number of aliphatic hydroxyl groups is 1. The first-order valence-electron chi connectivity index (χ1n) is 6.45. The minimum absolute atomic E-state index is 0.345. The Morgan fingerprint density at radius 2 is 2.22 bits per heavy atom. The lowest BCUT2D eigenvalue weighted by molar-refractivity contribution is 0.0104. The van der Waals surface area contributed by atoms with Crippen LogP contribution in [0.5, 0.6) is 0 Å². The lowest BCUT2D eigenvalue weighted by Gasteiger charge is -2.28. The van der Waals surface area contributed by atoms with Gasteiger partial charge in [0.25, 0.3) is 0 Å². The molecule has 0 spiro atoms. The van der Waals surface area contributed by atoms with Crippen LogP contribution in [0.25, 0.3) is 0 Å². The van der Waals surface area contributed by atoms with Crippen molar-refractivity contribution in [3.8, 4) is 0 Å². The summed E-state index contributed by atoms with van der Waals surface area (Å²) < 4.78 is 0. The van der Waals surface area contributed by atoms with Crippen LogP contribution in [0, 0.1) is 5.92 Å². The standard InChI is InChI=1S/C14H20ClNOS/c15-12-5-1-2-6-13(12)18-9-7-11-4-3-8-14(11,17)10-16/h1-2,5-6,11,17H,3-4,7-10,16H2. The normalized spacial score (nSPS) is 27.6. The number of hydrogen-bond donors (Lipinski definition) is 2. The first-order chi connectivity index (χ1) is 8.65. The Morgan fingerprint density at radius 1 is 1.44 bits per heavy atom. The fourth-order valence-corrected chi connectivity index (χ4v) is 3.98. The monoisotopic (exact) mass is 285 g/mol. The van der Waals surface area contributed by atoms with Gasteiger partial charge >= 0.3 is 0 Å². The third-order valence-electron chi connectivity index (χ3n) is 3.84. The molecule has 1 saturated carbocycles. The van der Waals surface area contributed by atoms with Gasteiger partial charge in [0.1, 0.15) is 0 Å². The predicted octanol–water partition coefficient (Wildman–Crippen LogP) is 3.31. The predicted molar refractivity (Wildman–Crippen MR) is 78.1 cm³/mol. The van der Waals surface area contributed by atoms with Crippen LogP contribution in [0.1, 0.15) is 25.7 Å². The van der Waals surface area contributed by atoms with Crippen molar-refractivity contribution in [3.05, 3.63) is 29.3 Å². The van der Waals surface area contributed by atoms with E-state index in [1.54, 1.807) is 11.8 Å². The molecule has 0 aromatic heterocycles. The van der Waals surface area contributed by atoms with E-state index in [0.717, 1.165) is 41.4 Å². The Balaban J connectivity index is 1.84. The van der Waals surface area contributed by atoms with Gasteiger partial charge < -0.3 is 10.8 Å². The van der Waals surface area contributed by atoms with Crippen LogP contribution in [0.2, 0.25) is 5.02 Å². The lowest BCUT2D eigenvalue weighted by Crippen LogP contribution is -2.41. The van der Waals surface area contributed by atoms with Gasteiger partial charge in [0.05, 0.1) is 10.6 Å². The van der Waals surface area contributed by atoms with Crippen molar-refractivity contribution in [1.29, 1.82) is 0 Å². The zero-order chi connectivity index (χ0) is 13.0. The second-order valence-corrected chi connectivity index (χ2v) is 6.51. The van der Waals surface area contributed by atoms with E-state index < -0.39 is 5.60 Å². The van der Waals surface area contributed by atoms with Crippen LogP contribution in [0.15, 0.2) is 29.2 Å². The lowest BCUT2D eigenvalue weighted by atomic mass is 9.89. The average molecular weight is 286 g/mol. The molecule has 2 atom stereocenters. The number of benzene rings is 1. The summed E-state index contributed by atoms with van der Waals surface area (Å²) in [5.74, 6) is 1.33. The van der Waals surface area contributed by atoms with E-state index in [0.29, 0.717) is 12.5 Å². The molecule has 1 aromatic carbocycles. The summed E-state index contributed by atoms with van der Waals surface area (Å²) >= 11 is 7.87. The van der Waals surface area contributed by atoms with E-state index in [-0.39, 0.29) is 0 Å². The molecule has 2 nitrogen and oxygen atoms in total. The first kappa shape index (κ1) is 14.2. The van der Waals surface area contributed by atoms with Crippen molar-refractivity contribution in [2.24, 2.45) is 11.7 Å². The molecular weight excluding hydrogens is 266 g/mol. The summed E-state index contributed by atoms with van der Waals surface area (Å²) in [4.78, 5) is 1.12. The number of hydrogen-bond acceptors (Lipinski definition) is 3. The minimum atomic E-state index is -0.624. The molecule has 0 aliphatic heterocycles. The summed E-state index contributed by atoms with van der Waals surface area (Å²) in [5, 5.41) is 11.2. The van der Waals surface area contributed by atoms with E-state index in [4.69, 9.17) is 17.3 Å². The Labute approximate surface area is 118 Å². The maximum Gasteiger partial charge on any atom is 0.0797 e. The molecule has 0 radical (unpaired) electrons. The van der Waals surface area contributed by atoms with Gasteiger partial charge in [0.2, 0.25) is 0 Å². The maximum atomic E-state index is 10.4. The number of halogens is 1. The van der Waals surface area contributed by atoms with Gasteiger partial charge in [-0.2, -0.15) is 0 Å². The zero-order valence-corrected chi connectivity index (χ0v) is 12.0. The highest BCUT2D eigenvalue weighted by atomic mass is 35.5. The Kier molecular flexibility index (Phi) is 4.96.